The van der Waals surface area contributed by atoms with Gasteiger partial charge in [-0.2, -0.15) is 0 Å². The zero-order valence-electron chi connectivity index (χ0n) is 12.4. The minimum atomic E-state index is -0.0375. The van der Waals surface area contributed by atoms with E-state index in [0.717, 1.165) is 45.3 Å². The predicted octanol–water partition coefficient (Wildman–Crippen LogP) is 1.74. The fourth-order valence-corrected chi connectivity index (χ4v) is 1.81. The van der Waals surface area contributed by atoms with Gasteiger partial charge in [-0.3, -0.25) is 9.69 Å². The van der Waals surface area contributed by atoms with E-state index in [1.165, 1.54) is 12.8 Å². The van der Waals surface area contributed by atoms with E-state index in [1.54, 1.807) is 0 Å². The van der Waals surface area contributed by atoms with Crippen molar-refractivity contribution in [1.29, 1.82) is 0 Å². The van der Waals surface area contributed by atoms with Crippen molar-refractivity contribution >= 4 is 5.91 Å². The summed E-state index contributed by atoms with van der Waals surface area (Å²) in [5.74, 6) is 0.146. The minimum Gasteiger partial charge on any atom is -0.355 e. The molecule has 0 aromatic rings. The van der Waals surface area contributed by atoms with Gasteiger partial charge < -0.3 is 11.1 Å². The van der Waals surface area contributed by atoms with Gasteiger partial charge in [-0.25, -0.2) is 0 Å². The van der Waals surface area contributed by atoms with Crippen LogP contribution < -0.4 is 11.1 Å². The highest BCUT2D eigenvalue weighted by Gasteiger charge is 2.16. The van der Waals surface area contributed by atoms with E-state index in [0.29, 0.717) is 0 Å². The first-order valence-corrected chi connectivity index (χ1v) is 7.31. The highest BCUT2D eigenvalue weighted by Crippen LogP contribution is 2.01. The van der Waals surface area contributed by atoms with Crippen molar-refractivity contribution in [3.63, 3.8) is 0 Å². The first-order chi connectivity index (χ1) is 8.63. The van der Waals surface area contributed by atoms with Crippen molar-refractivity contribution in [2.24, 2.45) is 5.73 Å². The van der Waals surface area contributed by atoms with Crippen molar-refractivity contribution in [3.05, 3.63) is 0 Å². The number of unbranched alkanes of at least 4 members (excludes halogenated alkanes) is 4. The molecule has 0 spiro atoms. The Hall–Kier alpha value is -0.610. The van der Waals surface area contributed by atoms with Crippen LogP contribution in [0.5, 0.6) is 0 Å². The van der Waals surface area contributed by atoms with Gasteiger partial charge >= 0.3 is 0 Å². The van der Waals surface area contributed by atoms with Gasteiger partial charge in [0.15, 0.2) is 0 Å². The van der Waals surface area contributed by atoms with Crippen molar-refractivity contribution < 1.29 is 4.79 Å². The number of hydrogen-bond donors (Lipinski definition) is 2. The molecule has 1 atom stereocenters. The van der Waals surface area contributed by atoms with E-state index in [4.69, 9.17) is 5.73 Å². The molecule has 0 bridgehead atoms. The van der Waals surface area contributed by atoms with Gasteiger partial charge in [-0.1, -0.05) is 26.2 Å². The normalized spacial score (nSPS) is 12.7. The molecule has 0 heterocycles. The van der Waals surface area contributed by atoms with E-state index in [2.05, 4.69) is 17.1 Å². The largest absolute Gasteiger partial charge is 0.355 e. The number of nitrogens with one attached hydrogen (secondary N) is 1. The standard InChI is InChI=1S/C14H31N3O/c1-4-5-8-11-16-14(18)13(2)17(3)12-9-6-7-10-15/h13H,4-12,15H2,1-3H3,(H,16,18). The molecule has 4 nitrogen and oxygen atoms in total. The van der Waals surface area contributed by atoms with Gasteiger partial charge in [0.05, 0.1) is 6.04 Å². The van der Waals surface area contributed by atoms with Crippen molar-refractivity contribution in [1.82, 2.24) is 10.2 Å². The van der Waals surface area contributed by atoms with Crippen LogP contribution in [0.4, 0.5) is 0 Å². The second kappa shape index (κ2) is 11.5. The lowest BCUT2D eigenvalue weighted by Crippen LogP contribution is -2.43. The topological polar surface area (TPSA) is 58.4 Å². The first kappa shape index (κ1) is 17.4. The average molecular weight is 257 g/mol. The summed E-state index contributed by atoms with van der Waals surface area (Å²) < 4.78 is 0. The van der Waals surface area contributed by atoms with Crippen molar-refractivity contribution in [2.45, 2.75) is 58.4 Å². The fraction of sp³-hybridized carbons (Fsp3) is 0.929. The van der Waals surface area contributed by atoms with Gasteiger partial charge in [0.2, 0.25) is 5.91 Å². The van der Waals surface area contributed by atoms with E-state index in [-0.39, 0.29) is 11.9 Å². The summed E-state index contributed by atoms with van der Waals surface area (Å²) in [6, 6.07) is -0.0375. The number of nitrogens with zero attached hydrogens (tertiary/aromatic N) is 1. The molecule has 0 aliphatic heterocycles. The summed E-state index contributed by atoms with van der Waals surface area (Å²) in [7, 11) is 2.01. The Kier molecular flexibility index (Phi) is 11.1. The summed E-state index contributed by atoms with van der Waals surface area (Å²) in [6.45, 7) is 6.66. The van der Waals surface area contributed by atoms with Gasteiger partial charge in [0.25, 0.3) is 0 Å². The number of rotatable bonds is 11. The molecule has 18 heavy (non-hydrogen) atoms. The van der Waals surface area contributed by atoms with E-state index in [1.807, 2.05) is 14.0 Å². The van der Waals surface area contributed by atoms with Crippen molar-refractivity contribution in [3.8, 4) is 0 Å². The molecule has 1 unspecified atom stereocenters. The number of likely N-dealkylation sites (N-methyl/N-ethyl adjacent to an activating group) is 1. The maximum Gasteiger partial charge on any atom is 0.237 e. The molecule has 0 aliphatic carbocycles. The zero-order chi connectivity index (χ0) is 13.8. The molecule has 0 fully saturated rings. The monoisotopic (exact) mass is 257 g/mol. The maximum atomic E-state index is 11.9. The molecule has 3 N–H and O–H groups in total. The van der Waals surface area contributed by atoms with Crippen LogP contribution in [0.15, 0.2) is 0 Å². The Morgan fingerprint density at radius 1 is 1.22 bits per heavy atom. The smallest absolute Gasteiger partial charge is 0.237 e. The van der Waals surface area contributed by atoms with E-state index >= 15 is 0 Å². The molecule has 0 aromatic heterocycles. The zero-order valence-corrected chi connectivity index (χ0v) is 12.4. The Labute approximate surface area is 112 Å². The Morgan fingerprint density at radius 3 is 2.56 bits per heavy atom. The summed E-state index contributed by atoms with van der Waals surface area (Å²) in [5.41, 5.74) is 5.46. The minimum absolute atomic E-state index is 0.0375. The van der Waals surface area contributed by atoms with Crippen LogP contribution in [0.3, 0.4) is 0 Å². The van der Waals surface area contributed by atoms with Crippen LogP contribution in [0.1, 0.15) is 52.4 Å². The second-order valence-electron chi connectivity index (χ2n) is 5.00. The number of nitrogens with two attached hydrogens (primary N) is 1. The molecule has 0 saturated carbocycles. The third-order valence-corrected chi connectivity index (χ3v) is 3.34. The molecule has 0 aliphatic rings. The lowest BCUT2D eigenvalue weighted by Gasteiger charge is -2.23. The third-order valence-electron chi connectivity index (χ3n) is 3.34. The SMILES string of the molecule is CCCCCNC(=O)C(C)N(C)CCCCCN. The van der Waals surface area contributed by atoms with Gasteiger partial charge in [-0.15, -0.1) is 0 Å². The molecule has 0 radical (unpaired) electrons. The summed E-state index contributed by atoms with van der Waals surface area (Å²) in [5, 5.41) is 3.00. The molecular weight excluding hydrogens is 226 g/mol. The molecule has 4 heteroatoms. The molecule has 0 aromatic carbocycles. The summed E-state index contributed by atoms with van der Waals surface area (Å²) in [6.07, 6.45) is 6.78. The lowest BCUT2D eigenvalue weighted by atomic mass is 10.2. The molecule has 108 valence electrons. The number of amides is 1. The Balaban J connectivity index is 3.68. The van der Waals surface area contributed by atoms with Crippen LogP contribution in [-0.4, -0.2) is 43.5 Å². The van der Waals surface area contributed by atoms with Crippen molar-refractivity contribution in [2.75, 3.05) is 26.7 Å². The van der Waals surface area contributed by atoms with Crippen LogP contribution >= 0.6 is 0 Å². The van der Waals surface area contributed by atoms with E-state index < -0.39 is 0 Å². The predicted molar refractivity (Wildman–Crippen MR) is 77.5 cm³/mol. The highest BCUT2D eigenvalue weighted by atomic mass is 16.2. The number of carbonyl (C=O) groups is 1. The molecular formula is C14H31N3O. The van der Waals surface area contributed by atoms with Gasteiger partial charge in [0.1, 0.15) is 0 Å². The second-order valence-corrected chi connectivity index (χ2v) is 5.00. The molecule has 0 saturated heterocycles. The fourth-order valence-electron chi connectivity index (χ4n) is 1.81. The van der Waals surface area contributed by atoms with Gasteiger partial charge in [0, 0.05) is 6.54 Å². The Bertz CT molecular complexity index is 209. The molecule has 1 amide bonds. The molecule has 0 rings (SSSR count). The summed E-state index contributed by atoms with van der Waals surface area (Å²) >= 11 is 0. The van der Waals surface area contributed by atoms with Gasteiger partial charge in [-0.05, 0) is 46.3 Å². The van der Waals surface area contributed by atoms with Crippen LogP contribution in [-0.2, 0) is 4.79 Å². The maximum absolute atomic E-state index is 11.9. The number of carbonyl (C=O) groups excluding carboxylic acids is 1. The Morgan fingerprint density at radius 2 is 1.94 bits per heavy atom. The highest BCUT2D eigenvalue weighted by molar-refractivity contribution is 5.81. The average Bonchev–Trinajstić information content (AvgIpc) is 2.38. The summed E-state index contributed by atoms with van der Waals surface area (Å²) in [4.78, 5) is 14.0. The first-order valence-electron chi connectivity index (χ1n) is 7.31. The van der Waals surface area contributed by atoms with E-state index in [9.17, 15) is 4.79 Å². The van der Waals surface area contributed by atoms with Crippen LogP contribution in [0.2, 0.25) is 0 Å². The third kappa shape index (κ3) is 8.48. The van der Waals surface area contributed by atoms with Crippen LogP contribution in [0, 0.1) is 0 Å². The number of hydrogen-bond acceptors (Lipinski definition) is 3. The lowest BCUT2D eigenvalue weighted by molar-refractivity contribution is -0.125. The van der Waals surface area contributed by atoms with Crippen LogP contribution in [0.25, 0.3) is 0 Å². The quantitative estimate of drug-likeness (QED) is 0.554.